The first-order valence-electron chi connectivity index (χ1n) is 10.6. The van der Waals surface area contributed by atoms with Crippen molar-refractivity contribution in [2.24, 2.45) is 4.99 Å². The van der Waals surface area contributed by atoms with E-state index in [1.165, 1.54) is 5.56 Å². The Balaban J connectivity index is 0.00000420. The van der Waals surface area contributed by atoms with Crippen LogP contribution < -0.4 is 10.6 Å². The lowest BCUT2D eigenvalue weighted by molar-refractivity contribution is 0.0646. The smallest absolute Gasteiger partial charge is 0.191 e. The van der Waals surface area contributed by atoms with Crippen molar-refractivity contribution in [1.82, 2.24) is 10.6 Å². The standard InChI is InChI=1S/C22H37N3O2S.HI/c1-4-23-21(25-18-22(28-5-2)12-16-26-17-13-22)24-14-9-15-27-19(3)20-10-7-6-8-11-20;/h6-8,10-11,19H,4-5,9,12-18H2,1-3H3,(H2,23,24,25);1H. The average Bonchev–Trinajstić information content (AvgIpc) is 2.73. The average molecular weight is 536 g/mol. The van der Waals surface area contributed by atoms with Gasteiger partial charge in [0.1, 0.15) is 0 Å². The summed E-state index contributed by atoms with van der Waals surface area (Å²) in [5.74, 6) is 2.03. The SMILES string of the molecule is CCNC(=NCC1(SCC)CCOCC1)NCCCOC(C)c1ccccc1.I. The van der Waals surface area contributed by atoms with Crippen LogP contribution in [0.3, 0.4) is 0 Å². The fourth-order valence-electron chi connectivity index (χ4n) is 3.32. The molecule has 0 spiro atoms. The predicted molar refractivity (Wildman–Crippen MR) is 136 cm³/mol. The number of aliphatic imine (C=N–C) groups is 1. The van der Waals surface area contributed by atoms with Gasteiger partial charge in [0.2, 0.25) is 0 Å². The third kappa shape index (κ3) is 9.89. The van der Waals surface area contributed by atoms with E-state index in [1.54, 1.807) is 0 Å². The van der Waals surface area contributed by atoms with E-state index in [2.05, 4.69) is 55.7 Å². The van der Waals surface area contributed by atoms with Crippen LogP contribution in [0.4, 0.5) is 0 Å². The van der Waals surface area contributed by atoms with Gasteiger partial charge in [-0.2, -0.15) is 11.8 Å². The van der Waals surface area contributed by atoms with E-state index in [0.29, 0.717) is 0 Å². The van der Waals surface area contributed by atoms with Crippen molar-refractivity contribution in [3.63, 3.8) is 0 Å². The Morgan fingerprint density at radius 1 is 1.21 bits per heavy atom. The normalized spacial score (nSPS) is 17.3. The van der Waals surface area contributed by atoms with Crippen LogP contribution in [0.25, 0.3) is 0 Å². The first-order chi connectivity index (χ1) is 13.7. The van der Waals surface area contributed by atoms with Gasteiger partial charge in [0.25, 0.3) is 0 Å². The summed E-state index contributed by atoms with van der Waals surface area (Å²) in [5.41, 5.74) is 1.22. The van der Waals surface area contributed by atoms with Crippen LogP contribution in [-0.2, 0) is 9.47 Å². The van der Waals surface area contributed by atoms with Gasteiger partial charge in [0.05, 0.1) is 12.6 Å². The molecule has 166 valence electrons. The summed E-state index contributed by atoms with van der Waals surface area (Å²) in [7, 11) is 0. The summed E-state index contributed by atoms with van der Waals surface area (Å²) >= 11 is 2.03. The van der Waals surface area contributed by atoms with Gasteiger partial charge in [-0.05, 0) is 44.4 Å². The van der Waals surface area contributed by atoms with Gasteiger partial charge in [-0.15, -0.1) is 24.0 Å². The van der Waals surface area contributed by atoms with E-state index in [4.69, 9.17) is 14.5 Å². The molecule has 1 aromatic carbocycles. The summed E-state index contributed by atoms with van der Waals surface area (Å²) in [6.07, 6.45) is 3.24. The topological polar surface area (TPSA) is 54.9 Å². The summed E-state index contributed by atoms with van der Waals surface area (Å²) in [5, 5.41) is 6.82. The van der Waals surface area contributed by atoms with Crippen molar-refractivity contribution >= 4 is 41.7 Å². The van der Waals surface area contributed by atoms with Crippen LogP contribution in [-0.4, -0.2) is 55.9 Å². The van der Waals surface area contributed by atoms with E-state index >= 15 is 0 Å². The Bertz CT molecular complexity index is 563. The number of nitrogens with zero attached hydrogens (tertiary/aromatic N) is 1. The molecule has 1 unspecified atom stereocenters. The van der Waals surface area contributed by atoms with Crippen LogP contribution in [0.2, 0.25) is 0 Å². The van der Waals surface area contributed by atoms with E-state index < -0.39 is 0 Å². The molecule has 2 N–H and O–H groups in total. The summed E-state index contributed by atoms with van der Waals surface area (Å²) < 4.78 is 11.7. The molecule has 5 nitrogen and oxygen atoms in total. The fourth-order valence-corrected chi connectivity index (χ4v) is 4.55. The Morgan fingerprint density at radius 3 is 2.59 bits per heavy atom. The largest absolute Gasteiger partial charge is 0.381 e. The third-order valence-electron chi connectivity index (χ3n) is 4.97. The second kappa shape index (κ2) is 15.3. The highest BCUT2D eigenvalue weighted by atomic mass is 127. The number of guanidine groups is 1. The van der Waals surface area contributed by atoms with E-state index in [1.807, 2.05) is 17.8 Å². The number of rotatable bonds is 11. The Hall–Kier alpha value is -0.510. The predicted octanol–water partition coefficient (Wildman–Crippen LogP) is 4.63. The minimum atomic E-state index is 0. The second-order valence-electron chi connectivity index (χ2n) is 7.13. The van der Waals surface area contributed by atoms with Crippen molar-refractivity contribution in [3.8, 4) is 0 Å². The zero-order valence-corrected chi connectivity index (χ0v) is 21.3. The molecule has 1 aliphatic heterocycles. The van der Waals surface area contributed by atoms with Gasteiger partial charge in [-0.3, -0.25) is 4.99 Å². The molecule has 7 heteroatoms. The Morgan fingerprint density at radius 2 is 1.93 bits per heavy atom. The Labute approximate surface area is 198 Å². The fraction of sp³-hybridized carbons (Fsp3) is 0.682. The Kier molecular flexibility index (Phi) is 14.0. The van der Waals surface area contributed by atoms with Crippen LogP contribution in [0, 0.1) is 0 Å². The molecule has 0 amide bonds. The van der Waals surface area contributed by atoms with Crippen molar-refractivity contribution < 1.29 is 9.47 Å². The minimum Gasteiger partial charge on any atom is -0.381 e. The molecular formula is C22H38IN3O2S. The number of halogens is 1. The number of benzene rings is 1. The number of hydrogen-bond donors (Lipinski definition) is 2. The van der Waals surface area contributed by atoms with Crippen molar-refractivity contribution in [1.29, 1.82) is 0 Å². The van der Waals surface area contributed by atoms with Crippen molar-refractivity contribution in [3.05, 3.63) is 35.9 Å². The minimum absolute atomic E-state index is 0. The van der Waals surface area contributed by atoms with Gasteiger partial charge in [0, 0.05) is 37.7 Å². The molecule has 1 fully saturated rings. The summed E-state index contributed by atoms with van der Waals surface area (Å²) in [6, 6.07) is 10.4. The molecule has 1 heterocycles. The van der Waals surface area contributed by atoms with E-state index in [0.717, 1.165) is 70.4 Å². The maximum Gasteiger partial charge on any atom is 0.191 e. The third-order valence-corrected chi connectivity index (χ3v) is 6.41. The maximum absolute atomic E-state index is 5.96. The second-order valence-corrected chi connectivity index (χ2v) is 8.86. The molecule has 0 aliphatic carbocycles. The van der Waals surface area contributed by atoms with Crippen molar-refractivity contribution in [2.75, 3.05) is 45.2 Å². The van der Waals surface area contributed by atoms with Crippen LogP contribution in [0.5, 0.6) is 0 Å². The molecule has 29 heavy (non-hydrogen) atoms. The summed E-state index contributed by atoms with van der Waals surface area (Å²) in [4.78, 5) is 4.89. The lowest BCUT2D eigenvalue weighted by atomic mass is 9.99. The maximum atomic E-state index is 5.96. The quantitative estimate of drug-likeness (QED) is 0.187. The molecule has 1 atom stereocenters. The highest BCUT2D eigenvalue weighted by Crippen LogP contribution is 2.35. The molecule has 1 aliphatic rings. The number of thioether (sulfide) groups is 1. The van der Waals surface area contributed by atoms with Crippen LogP contribution in [0.15, 0.2) is 35.3 Å². The highest BCUT2D eigenvalue weighted by Gasteiger charge is 2.32. The lowest BCUT2D eigenvalue weighted by Gasteiger charge is -2.35. The first-order valence-corrected chi connectivity index (χ1v) is 11.6. The molecule has 1 saturated heterocycles. The monoisotopic (exact) mass is 535 g/mol. The van der Waals surface area contributed by atoms with Gasteiger partial charge in [-0.1, -0.05) is 37.3 Å². The highest BCUT2D eigenvalue weighted by molar-refractivity contribution is 14.0. The molecular weight excluding hydrogens is 497 g/mol. The van der Waals surface area contributed by atoms with E-state index in [9.17, 15) is 0 Å². The number of ether oxygens (including phenoxy) is 2. The molecule has 0 aromatic heterocycles. The molecule has 0 radical (unpaired) electrons. The number of hydrogen-bond acceptors (Lipinski definition) is 4. The van der Waals surface area contributed by atoms with Gasteiger partial charge >= 0.3 is 0 Å². The lowest BCUT2D eigenvalue weighted by Crippen LogP contribution is -2.41. The molecule has 0 saturated carbocycles. The van der Waals surface area contributed by atoms with Gasteiger partial charge < -0.3 is 20.1 Å². The molecule has 2 rings (SSSR count). The van der Waals surface area contributed by atoms with E-state index in [-0.39, 0.29) is 34.8 Å². The zero-order chi connectivity index (χ0) is 20.1. The van der Waals surface area contributed by atoms with Crippen LogP contribution in [0.1, 0.15) is 51.7 Å². The molecule has 1 aromatic rings. The number of nitrogens with one attached hydrogen (secondary N) is 2. The first kappa shape index (κ1) is 26.5. The molecule has 0 bridgehead atoms. The van der Waals surface area contributed by atoms with Crippen molar-refractivity contribution in [2.45, 2.75) is 50.9 Å². The van der Waals surface area contributed by atoms with Crippen LogP contribution >= 0.6 is 35.7 Å². The van der Waals surface area contributed by atoms with Gasteiger partial charge in [-0.25, -0.2) is 0 Å². The summed E-state index contributed by atoms with van der Waals surface area (Å²) in [6.45, 7) is 11.4. The zero-order valence-electron chi connectivity index (χ0n) is 18.1. The van der Waals surface area contributed by atoms with Gasteiger partial charge in [0.15, 0.2) is 5.96 Å².